The molecular formula is C18H30Cl2SiZr-4. The quantitative estimate of drug-likeness (QED) is 0.321. The van der Waals surface area contributed by atoms with Gasteiger partial charge in [-0.15, -0.1) is 13.8 Å². The second kappa shape index (κ2) is 14.0. The standard InChI is InChI=1S/2C8H11.2CH3.2ClH.H2Si.Zr/c2*1-6-4-7(2)8(3)5-6;;;;;;/h2*4,6H,1-3H3;2*1H3;2*1H;1H2;/q4*-1;;;;+2/p-2. The average molecular weight is 437 g/mol. The molecule has 0 heterocycles. The number of halogens is 2. The van der Waals surface area contributed by atoms with Gasteiger partial charge >= 0.3 is 41.9 Å². The Bertz CT molecular complexity index is 395. The Morgan fingerprint density at radius 1 is 0.864 bits per heavy atom. The molecule has 4 heteroatoms. The van der Waals surface area contributed by atoms with Crippen molar-refractivity contribution in [3.8, 4) is 0 Å². The topological polar surface area (TPSA) is 0 Å². The van der Waals surface area contributed by atoms with E-state index in [0.29, 0.717) is 11.8 Å². The van der Waals surface area contributed by atoms with Crippen LogP contribution in [0.3, 0.4) is 0 Å². The molecule has 0 spiro atoms. The van der Waals surface area contributed by atoms with Crippen LogP contribution in [-0.2, 0) is 18.0 Å². The zero-order valence-electron chi connectivity index (χ0n) is 15.3. The summed E-state index contributed by atoms with van der Waals surface area (Å²) in [5.74, 6) is 1.10. The third-order valence-corrected chi connectivity index (χ3v) is 3.07. The van der Waals surface area contributed by atoms with Gasteiger partial charge in [0, 0.05) is 0 Å². The van der Waals surface area contributed by atoms with Crippen LogP contribution in [0.15, 0.2) is 34.4 Å². The summed E-state index contributed by atoms with van der Waals surface area (Å²) in [5.41, 5.74) is 5.41. The first-order chi connectivity index (χ1) is 9.13. The van der Waals surface area contributed by atoms with E-state index in [2.05, 4.69) is 65.8 Å². The molecule has 0 saturated carbocycles. The summed E-state index contributed by atoms with van der Waals surface area (Å²) in [6.07, 6.45) is 11.0. The second-order valence-corrected chi connectivity index (χ2v) is 22.8. The van der Waals surface area contributed by atoms with Crippen LogP contribution in [0.4, 0.5) is 0 Å². The number of hydrogen-bond donors (Lipinski definition) is 0. The van der Waals surface area contributed by atoms with Crippen LogP contribution in [0.25, 0.3) is 0 Å². The summed E-state index contributed by atoms with van der Waals surface area (Å²) >= 11 is -1.57. The fourth-order valence-corrected chi connectivity index (χ4v) is 1.99. The van der Waals surface area contributed by atoms with E-state index in [1.165, 1.54) is 22.3 Å². The van der Waals surface area contributed by atoms with E-state index in [1.54, 1.807) is 6.88 Å². The molecule has 0 aromatic carbocycles. The fourth-order valence-electron chi connectivity index (χ4n) is 1.99. The summed E-state index contributed by atoms with van der Waals surface area (Å²) in [6.45, 7) is 14.5. The Hall–Kier alpha value is 0.640. The van der Waals surface area contributed by atoms with Gasteiger partial charge in [0.25, 0.3) is 0 Å². The van der Waals surface area contributed by atoms with E-state index >= 15 is 0 Å². The van der Waals surface area contributed by atoms with Crippen molar-refractivity contribution in [1.29, 1.82) is 0 Å². The first-order valence-corrected chi connectivity index (χ1v) is 19.0. The normalized spacial score (nSPS) is 21.3. The molecule has 2 atom stereocenters. The molecule has 0 nitrogen and oxygen atoms in total. The molecule has 0 radical (unpaired) electrons. The van der Waals surface area contributed by atoms with Crippen molar-refractivity contribution in [2.45, 2.75) is 41.5 Å². The van der Waals surface area contributed by atoms with Crippen LogP contribution in [-0.4, -0.2) is 6.88 Å². The van der Waals surface area contributed by atoms with Crippen LogP contribution in [0.2, 0.25) is 0 Å². The number of hydrogen-bond acceptors (Lipinski definition) is 0. The van der Waals surface area contributed by atoms with Crippen LogP contribution < -0.4 is 0 Å². The molecule has 0 aromatic heterocycles. The van der Waals surface area contributed by atoms with Crippen LogP contribution in [0.5, 0.6) is 0 Å². The van der Waals surface area contributed by atoms with Crippen LogP contribution in [0.1, 0.15) is 41.5 Å². The van der Waals surface area contributed by atoms with Gasteiger partial charge in [-0.2, -0.15) is 12.2 Å². The van der Waals surface area contributed by atoms with Gasteiger partial charge in [0.1, 0.15) is 0 Å². The van der Waals surface area contributed by atoms with Gasteiger partial charge in [-0.05, 0) is 0 Å². The molecule has 0 bridgehead atoms. The maximum absolute atomic E-state index is 5.25. The van der Waals surface area contributed by atoms with E-state index < -0.39 is 18.0 Å². The first-order valence-electron chi connectivity index (χ1n) is 6.71. The molecule has 0 aliphatic heterocycles. The molecule has 0 N–H and O–H groups in total. The van der Waals surface area contributed by atoms with Crippen LogP contribution in [0, 0.1) is 38.8 Å². The van der Waals surface area contributed by atoms with Crippen molar-refractivity contribution in [3.05, 3.63) is 61.4 Å². The summed E-state index contributed by atoms with van der Waals surface area (Å²) in [7, 11) is 10.5. The molecule has 2 unspecified atom stereocenters. The number of allylic oxidation sites excluding steroid dienone is 8. The monoisotopic (exact) mass is 434 g/mol. The molecule has 2 aliphatic rings. The predicted molar refractivity (Wildman–Crippen MR) is 104 cm³/mol. The molecule has 22 heavy (non-hydrogen) atoms. The minimum atomic E-state index is -1.57. The third-order valence-electron chi connectivity index (χ3n) is 3.07. The SMILES string of the molecule is CC1=[C-]C(C)C=C1C.CC1=[C-]C(C)C=C1C.[CH3-].[CH3-].[SiH2]=[Zr]([Cl])[Cl]. The van der Waals surface area contributed by atoms with E-state index in [0.717, 1.165) is 0 Å². The Morgan fingerprint density at radius 2 is 1.09 bits per heavy atom. The maximum atomic E-state index is 5.25. The van der Waals surface area contributed by atoms with Gasteiger partial charge < -0.3 is 14.9 Å². The summed E-state index contributed by atoms with van der Waals surface area (Å²) in [4.78, 5) is 0. The third kappa shape index (κ3) is 13.1. The minimum absolute atomic E-state index is 0. The molecule has 0 saturated heterocycles. The molecule has 0 aromatic rings. The molecule has 128 valence electrons. The van der Waals surface area contributed by atoms with Crippen molar-refractivity contribution in [3.63, 3.8) is 0 Å². The Labute approximate surface area is 155 Å². The molecule has 2 rings (SSSR count). The summed E-state index contributed by atoms with van der Waals surface area (Å²) in [5, 5.41) is 0. The molecule has 0 amide bonds. The van der Waals surface area contributed by atoms with Gasteiger partial charge in [-0.3, -0.25) is 12.2 Å². The van der Waals surface area contributed by atoms with E-state index in [9.17, 15) is 0 Å². The Kier molecular flexibility index (Phi) is 17.5. The van der Waals surface area contributed by atoms with Crippen molar-refractivity contribution in [1.82, 2.24) is 0 Å². The summed E-state index contributed by atoms with van der Waals surface area (Å²) < 4.78 is 0. The zero-order valence-corrected chi connectivity index (χ0v) is 20.7. The van der Waals surface area contributed by atoms with E-state index in [-0.39, 0.29) is 14.9 Å². The van der Waals surface area contributed by atoms with Gasteiger partial charge in [-0.1, -0.05) is 39.5 Å². The van der Waals surface area contributed by atoms with E-state index in [1.807, 2.05) is 0 Å². The first kappa shape index (κ1) is 27.5. The van der Waals surface area contributed by atoms with Gasteiger partial charge in [0.15, 0.2) is 0 Å². The Balaban J connectivity index is -0.000000249. The van der Waals surface area contributed by atoms with E-state index in [4.69, 9.17) is 17.0 Å². The molecule has 0 fully saturated rings. The Morgan fingerprint density at radius 3 is 1.14 bits per heavy atom. The van der Waals surface area contributed by atoms with Crippen molar-refractivity contribution in [2.24, 2.45) is 11.8 Å². The summed E-state index contributed by atoms with van der Waals surface area (Å²) in [6, 6.07) is 0. The van der Waals surface area contributed by atoms with Gasteiger partial charge in [-0.25, -0.2) is 22.3 Å². The van der Waals surface area contributed by atoms with Crippen molar-refractivity contribution in [2.75, 3.05) is 0 Å². The van der Waals surface area contributed by atoms with Crippen molar-refractivity contribution >= 4 is 23.9 Å². The second-order valence-electron chi connectivity index (χ2n) is 5.15. The number of rotatable bonds is 0. The van der Waals surface area contributed by atoms with Gasteiger partial charge in [0.05, 0.1) is 0 Å². The van der Waals surface area contributed by atoms with Crippen LogP contribution >= 0.6 is 17.0 Å². The predicted octanol–water partition coefficient (Wildman–Crippen LogP) is 6.02. The van der Waals surface area contributed by atoms with Crippen molar-refractivity contribution < 1.29 is 18.0 Å². The van der Waals surface area contributed by atoms with Gasteiger partial charge in [0.2, 0.25) is 0 Å². The average Bonchev–Trinajstić information content (AvgIpc) is 2.70. The molecule has 2 aliphatic carbocycles. The molecular weight excluding hydrogens is 406 g/mol. The fraction of sp³-hybridized carbons (Fsp3) is 0.444. The zero-order chi connectivity index (χ0) is 15.9.